The standard InChI is InChI=1S/C23H33F3N4O3/c24-23(25,26)19(31)15-20(32)28-18-3-1-16(2-4-18)6-9-29-10-12-30(13-11-29)22-21-17(5-8-27-22)7-14-33-21/h5,8,16,18-19,31H,1-4,6-7,9-15H2,(H,28,32)/t16?,18?,19-/m1/s1. The number of fused-ring (bicyclic) bond motifs is 1. The van der Waals surface area contributed by atoms with Crippen molar-refractivity contribution in [2.75, 3.05) is 44.2 Å². The highest BCUT2D eigenvalue weighted by Crippen LogP contribution is 2.34. The van der Waals surface area contributed by atoms with Gasteiger partial charge in [-0.2, -0.15) is 13.2 Å². The molecule has 10 heteroatoms. The van der Waals surface area contributed by atoms with Crippen molar-refractivity contribution < 1.29 is 27.8 Å². The maximum absolute atomic E-state index is 12.4. The monoisotopic (exact) mass is 470 g/mol. The lowest BCUT2D eigenvalue weighted by molar-refractivity contribution is -0.206. The van der Waals surface area contributed by atoms with Crippen LogP contribution in [0.25, 0.3) is 0 Å². The number of anilines is 1. The Morgan fingerprint density at radius 3 is 2.64 bits per heavy atom. The van der Waals surface area contributed by atoms with Crippen LogP contribution in [0, 0.1) is 5.92 Å². The Morgan fingerprint density at radius 2 is 1.94 bits per heavy atom. The molecule has 0 radical (unpaired) electrons. The molecule has 1 saturated carbocycles. The van der Waals surface area contributed by atoms with E-state index in [4.69, 9.17) is 9.84 Å². The summed E-state index contributed by atoms with van der Waals surface area (Å²) in [5, 5.41) is 11.7. The Balaban J connectivity index is 1.13. The number of hydrogen-bond donors (Lipinski definition) is 2. The van der Waals surface area contributed by atoms with Gasteiger partial charge in [0, 0.05) is 50.4 Å². The van der Waals surface area contributed by atoms with E-state index in [0.717, 1.165) is 89.4 Å². The van der Waals surface area contributed by atoms with E-state index < -0.39 is 24.6 Å². The van der Waals surface area contributed by atoms with Crippen molar-refractivity contribution in [2.24, 2.45) is 5.92 Å². The molecule has 1 aliphatic carbocycles. The number of rotatable bonds is 7. The number of piperazine rings is 1. The molecule has 0 bridgehead atoms. The van der Waals surface area contributed by atoms with Crippen molar-refractivity contribution in [2.45, 2.75) is 63.3 Å². The Kier molecular flexibility index (Phi) is 7.63. The lowest BCUT2D eigenvalue weighted by atomic mass is 9.84. The van der Waals surface area contributed by atoms with Gasteiger partial charge in [-0.05, 0) is 50.6 Å². The van der Waals surface area contributed by atoms with Crippen LogP contribution in [0.3, 0.4) is 0 Å². The van der Waals surface area contributed by atoms with Gasteiger partial charge in [0.15, 0.2) is 17.7 Å². The van der Waals surface area contributed by atoms with Crippen LogP contribution in [0.5, 0.6) is 5.75 Å². The van der Waals surface area contributed by atoms with E-state index >= 15 is 0 Å². The molecule has 7 nitrogen and oxygen atoms in total. The molecule has 3 heterocycles. The largest absolute Gasteiger partial charge is 0.489 e. The molecule has 1 atom stereocenters. The second kappa shape index (κ2) is 10.5. The molecule has 1 aromatic rings. The molecule has 0 aromatic carbocycles. The number of nitrogens with zero attached hydrogens (tertiary/aromatic N) is 3. The predicted octanol–water partition coefficient (Wildman–Crippen LogP) is 2.52. The maximum atomic E-state index is 12.4. The fourth-order valence-electron chi connectivity index (χ4n) is 5.04. The highest BCUT2D eigenvalue weighted by Gasteiger charge is 2.39. The lowest BCUT2D eigenvalue weighted by Gasteiger charge is -2.37. The number of alkyl halides is 3. The third-order valence-corrected chi connectivity index (χ3v) is 7.08. The summed E-state index contributed by atoms with van der Waals surface area (Å²) in [6.07, 6.45) is -0.897. The van der Waals surface area contributed by atoms with Crippen molar-refractivity contribution in [3.63, 3.8) is 0 Å². The molecule has 2 N–H and O–H groups in total. The van der Waals surface area contributed by atoms with E-state index in [9.17, 15) is 18.0 Å². The van der Waals surface area contributed by atoms with Crippen LogP contribution in [0.1, 0.15) is 44.1 Å². The summed E-state index contributed by atoms with van der Waals surface area (Å²) in [7, 11) is 0. The number of ether oxygens (including phenoxy) is 1. The molecule has 3 aliphatic rings. The van der Waals surface area contributed by atoms with Crippen LogP contribution in [0.15, 0.2) is 12.3 Å². The molecule has 2 fully saturated rings. The molecular weight excluding hydrogens is 437 g/mol. The van der Waals surface area contributed by atoms with Crippen LogP contribution in [-0.4, -0.2) is 78.6 Å². The van der Waals surface area contributed by atoms with Crippen LogP contribution in [-0.2, 0) is 11.2 Å². The SMILES string of the molecule is O=C(C[C@@H](O)C(F)(F)F)NC1CCC(CCN2CCN(c3nccc4c3OCC4)CC2)CC1. The van der Waals surface area contributed by atoms with E-state index in [1.54, 1.807) is 0 Å². The minimum absolute atomic E-state index is 0.0972. The number of nitrogens with one attached hydrogen (secondary N) is 1. The Hall–Kier alpha value is -2.07. The van der Waals surface area contributed by atoms with E-state index in [-0.39, 0.29) is 6.04 Å². The quantitative estimate of drug-likeness (QED) is 0.638. The van der Waals surface area contributed by atoms with Crippen molar-refractivity contribution in [3.05, 3.63) is 17.8 Å². The predicted molar refractivity (Wildman–Crippen MR) is 117 cm³/mol. The Morgan fingerprint density at radius 1 is 1.21 bits per heavy atom. The fourth-order valence-corrected chi connectivity index (χ4v) is 5.04. The zero-order valence-corrected chi connectivity index (χ0v) is 18.8. The molecule has 0 unspecified atom stereocenters. The lowest BCUT2D eigenvalue weighted by Crippen LogP contribution is -2.47. The van der Waals surface area contributed by atoms with Gasteiger partial charge in [0.25, 0.3) is 0 Å². The van der Waals surface area contributed by atoms with Crippen molar-refractivity contribution in [1.29, 1.82) is 0 Å². The molecule has 184 valence electrons. The summed E-state index contributed by atoms with van der Waals surface area (Å²) >= 11 is 0. The van der Waals surface area contributed by atoms with Gasteiger partial charge in [-0.25, -0.2) is 4.98 Å². The van der Waals surface area contributed by atoms with E-state index in [2.05, 4.69) is 20.1 Å². The highest BCUT2D eigenvalue weighted by atomic mass is 19.4. The summed E-state index contributed by atoms with van der Waals surface area (Å²) < 4.78 is 43.0. The molecular formula is C23H33F3N4O3. The first-order valence-electron chi connectivity index (χ1n) is 11.9. The summed E-state index contributed by atoms with van der Waals surface area (Å²) in [4.78, 5) is 21.1. The molecule has 33 heavy (non-hydrogen) atoms. The molecule has 4 rings (SSSR count). The van der Waals surface area contributed by atoms with Gasteiger partial charge in [-0.15, -0.1) is 0 Å². The summed E-state index contributed by atoms with van der Waals surface area (Å²) in [5.41, 5.74) is 1.24. The first kappa shape index (κ1) is 24.1. The van der Waals surface area contributed by atoms with Crippen LogP contribution < -0.4 is 15.0 Å². The zero-order chi connectivity index (χ0) is 23.4. The van der Waals surface area contributed by atoms with E-state index in [1.165, 1.54) is 5.56 Å². The number of pyridine rings is 1. The summed E-state index contributed by atoms with van der Waals surface area (Å²) in [6, 6.07) is 1.94. The minimum Gasteiger partial charge on any atom is -0.489 e. The number of aliphatic hydroxyl groups excluding tert-OH is 1. The molecule has 1 aromatic heterocycles. The third-order valence-electron chi connectivity index (χ3n) is 7.08. The van der Waals surface area contributed by atoms with Gasteiger partial charge < -0.3 is 20.1 Å². The Bertz CT molecular complexity index is 807. The van der Waals surface area contributed by atoms with Crippen molar-refractivity contribution >= 4 is 11.7 Å². The van der Waals surface area contributed by atoms with Gasteiger partial charge in [-0.1, -0.05) is 0 Å². The van der Waals surface area contributed by atoms with Crippen molar-refractivity contribution in [3.8, 4) is 5.75 Å². The number of halogens is 3. The van der Waals surface area contributed by atoms with Gasteiger partial charge >= 0.3 is 6.18 Å². The average molecular weight is 471 g/mol. The van der Waals surface area contributed by atoms with Crippen LogP contribution in [0.4, 0.5) is 19.0 Å². The minimum atomic E-state index is -4.76. The van der Waals surface area contributed by atoms with Gasteiger partial charge in [-0.3, -0.25) is 9.69 Å². The number of aromatic nitrogens is 1. The van der Waals surface area contributed by atoms with Crippen LogP contribution >= 0.6 is 0 Å². The molecule has 1 amide bonds. The second-order valence-electron chi connectivity index (χ2n) is 9.39. The Labute approximate surface area is 192 Å². The number of carbonyl (C=O) groups is 1. The first-order valence-corrected chi connectivity index (χ1v) is 11.9. The number of amides is 1. The van der Waals surface area contributed by atoms with Gasteiger partial charge in [0.1, 0.15) is 0 Å². The topological polar surface area (TPSA) is 77.9 Å². The molecule has 1 saturated heterocycles. The molecule has 0 spiro atoms. The smallest absolute Gasteiger partial charge is 0.414 e. The highest BCUT2D eigenvalue weighted by molar-refractivity contribution is 5.76. The second-order valence-corrected chi connectivity index (χ2v) is 9.39. The summed E-state index contributed by atoms with van der Waals surface area (Å²) in [6.45, 7) is 5.58. The van der Waals surface area contributed by atoms with Crippen LogP contribution in [0.2, 0.25) is 0 Å². The van der Waals surface area contributed by atoms with Crippen molar-refractivity contribution in [1.82, 2.24) is 15.2 Å². The number of hydrogen-bond acceptors (Lipinski definition) is 6. The van der Waals surface area contributed by atoms with Gasteiger partial charge in [0.2, 0.25) is 5.91 Å². The third kappa shape index (κ3) is 6.29. The van der Waals surface area contributed by atoms with Gasteiger partial charge in [0.05, 0.1) is 13.0 Å². The maximum Gasteiger partial charge on any atom is 0.414 e. The van der Waals surface area contributed by atoms with E-state index in [0.29, 0.717) is 5.92 Å². The average Bonchev–Trinajstić information content (AvgIpc) is 3.27. The van der Waals surface area contributed by atoms with E-state index in [1.807, 2.05) is 12.3 Å². The summed E-state index contributed by atoms with van der Waals surface area (Å²) in [5.74, 6) is 1.75. The first-order chi connectivity index (χ1) is 15.8. The number of carbonyl (C=O) groups excluding carboxylic acids is 1. The number of aliphatic hydroxyl groups is 1. The molecule has 2 aliphatic heterocycles. The normalized spacial score (nSPS) is 24.8. The fraction of sp³-hybridized carbons (Fsp3) is 0.739. The zero-order valence-electron chi connectivity index (χ0n) is 18.8.